The normalized spacial score (nSPS) is 12.4. The fraction of sp³-hybridized carbons (Fsp3) is 0.0769. The summed E-state index contributed by atoms with van der Waals surface area (Å²) in [5.74, 6) is -1.08. The maximum Gasteiger partial charge on any atom is 0.129 e. The highest BCUT2D eigenvalue weighted by molar-refractivity contribution is 5.50. The van der Waals surface area contributed by atoms with E-state index in [1.165, 1.54) is 30.3 Å². The van der Waals surface area contributed by atoms with E-state index in [-0.39, 0.29) is 16.8 Å². The summed E-state index contributed by atoms with van der Waals surface area (Å²) in [6.07, 6.45) is -1.27. The molecule has 0 bridgehead atoms. The fourth-order valence-electron chi connectivity index (χ4n) is 1.65. The molecule has 2 aromatic rings. The number of benzene rings is 2. The third-order valence-electron chi connectivity index (χ3n) is 2.54. The minimum absolute atomic E-state index is 0.0739. The molecule has 3 N–H and O–H groups in total. The van der Waals surface area contributed by atoms with Gasteiger partial charge in [0, 0.05) is 16.8 Å². The van der Waals surface area contributed by atoms with Gasteiger partial charge in [-0.1, -0.05) is 18.2 Å². The molecule has 0 aliphatic rings. The van der Waals surface area contributed by atoms with E-state index in [2.05, 4.69) is 0 Å². The average Bonchev–Trinajstić information content (AvgIpc) is 2.32. The minimum atomic E-state index is -1.27. The lowest BCUT2D eigenvalue weighted by molar-refractivity contribution is 0.215. The van der Waals surface area contributed by atoms with Crippen LogP contribution in [0.4, 0.5) is 14.5 Å². The molecule has 0 aliphatic carbocycles. The molecule has 2 rings (SSSR count). The van der Waals surface area contributed by atoms with Crippen LogP contribution in [0.1, 0.15) is 17.2 Å². The van der Waals surface area contributed by atoms with Gasteiger partial charge in [-0.3, -0.25) is 0 Å². The lowest BCUT2D eigenvalue weighted by atomic mass is 9.99. The Balaban J connectivity index is 2.47. The summed E-state index contributed by atoms with van der Waals surface area (Å²) in [4.78, 5) is 0. The van der Waals surface area contributed by atoms with Crippen molar-refractivity contribution in [3.05, 3.63) is 65.2 Å². The summed E-state index contributed by atoms with van der Waals surface area (Å²) < 4.78 is 26.5. The second kappa shape index (κ2) is 4.51. The Hall–Kier alpha value is -1.94. The van der Waals surface area contributed by atoms with E-state index in [0.717, 1.165) is 6.07 Å². The van der Waals surface area contributed by atoms with Crippen molar-refractivity contribution in [2.24, 2.45) is 0 Å². The monoisotopic (exact) mass is 235 g/mol. The van der Waals surface area contributed by atoms with E-state index in [1.54, 1.807) is 6.07 Å². The highest BCUT2D eigenvalue weighted by Gasteiger charge is 2.17. The zero-order valence-electron chi connectivity index (χ0n) is 8.90. The molecule has 0 radical (unpaired) electrons. The van der Waals surface area contributed by atoms with Crippen LogP contribution in [0.25, 0.3) is 0 Å². The number of hydrogen-bond acceptors (Lipinski definition) is 2. The van der Waals surface area contributed by atoms with Crippen molar-refractivity contribution in [1.82, 2.24) is 0 Å². The van der Waals surface area contributed by atoms with Gasteiger partial charge in [0.25, 0.3) is 0 Å². The van der Waals surface area contributed by atoms with E-state index >= 15 is 0 Å². The SMILES string of the molecule is Nc1ccc(F)cc1C(O)c1ccccc1F. The molecule has 1 atom stereocenters. The third kappa shape index (κ3) is 2.26. The predicted molar refractivity (Wildman–Crippen MR) is 61.3 cm³/mol. The van der Waals surface area contributed by atoms with Gasteiger partial charge in [0.05, 0.1) is 0 Å². The highest BCUT2D eigenvalue weighted by Crippen LogP contribution is 2.28. The van der Waals surface area contributed by atoms with Gasteiger partial charge in [-0.2, -0.15) is 0 Å². The number of aliphatic hydroxyl groups excluding tert-OH is 1. The molecule has 4 heteroatoms. The first-order chi connectivity index (χ1) is 8.09. The lowest BCUT2D eigenvalue weighted by Gasteiger charge is -2.14. The minimum Gasteiger partial charge on any atom is -0.398 e. The first kappa shape index (κ1) is 11.5. The molecule has 88 valence electrons. The van der Waals surface area contributed by atoms with Gasteiger partial charge in [0.1, 0.15) is 17.7 Å². The smallest absolute Gasteiger partial charge is 0.129 e. The summed E-state index contributed by atoms with van der Waals surface area (Å²) in [5, 5.41) is 9.99. The Morgan fingerprint density at radius 1 is 1.00 bits per heavy atom. The number of nitrogens with two attached hydrogens (primary N) is 1. The van der Waals surface area contributed by atoms with Crippen LogP contribution in [0.2, 0.25) is 0 Å². The number of rotatable bonds is 2. The van der Waals surface area contributed by atoms with E-state index in [9.17, 15) is 13.9 Å². The van der Waals surface area contributed by atoms with Crippen LogP contribution in [0, 0.1) is 11.6 Å². The topological polar surface area (TPSA) is 46.2 Å². The predicted octanol–water partition coefficient (Wildman–Crippen LogP) is 2.63. The molecule has 0 aliphatic heterocycles. The molecular formula is C13H11F2NO. The van der Waals surface area contributed by atoms with E-state index in [4.69, 9.17) is 5.73 Å². The van der Waals surface area contributed by atoms with Gasteiger partial charge in [0.15, 0.2) is 0 Å². The van der Waals surface area contributed by atoms with Gasteiger partial charge < -0.3 is 10.8 Å². The molecule has 17 heavy (non-hydrogen) atoms. The van der Waals surface area contributed by atoms with Crippen LogP contribution >= 0.6 is 0 Å². The van der Waals surface area contributed by atoms with E-state index < -0.39 is 17.7 Å². The Bertz CT molecular complexity index is 543. The summed E-state index contributed by atoms with van der Waals surface area (Å²) in [7, 11) is 0. The van der Waals surface area contributed by atoms with Crippen LogP contribution in [0.15, 0.2) is 42.5 Å². The van der Waals surface area contributed by atoms with Gasteiger partial charge in [-0.05, 0) is 24.3 Å². The number of aliphatic hydroxyl groups is 1. The summed E-state index contributed by atoms with van der Waals surface area (Å²) in [5.41, 5.74) is 6.09. The second-order valence-corrected chi connectivity index (χ2v) is 3.70. The van der Waals surface area contributed by atoms with Crippen LogP contribution in [-0.4, -0.2) is 5.11 Å². The summed E-state index contributed by atoms with van der Waals surface area (Å²) >= 11 is 0. The largest absolute Gasteiger partial charge is 0.398 e. The van der Waals surface area contributed by atoms with Gasteiger partial charge in [-0.15, -0.1) is 0 Å². The first-order valence-electron chi connectivity index (χ1n) is 5.07. The molecule has 2 aromatic carbocycles. The molecule has 0 saturated carbocycles. The Morgan fingerprint density at radius 2 is 1.71 bits per heavy atom. The van der Waals surface area contributed by atoms with Crippen molar-refractivity contribution in [2.45, 2.75) is 6.10 Å². The molecule has 1 unspecified atom stereocenters. The molecule has 0 spiro atoms. The van der Waals surface area contributed by atoms with Gasteiger partial charge >= 0.3 is 0 Å². The molecule has 0 aromatic heterocycles. The zero-order valence-corrected chi connectivity index (χ0v) is 8.90. The lowest BCUT2D eigenvalue weighted by Crippen LogP contribution is -2.06. The van der Waals surface area contributed by atoms with Crippen LogP contribution in [-0.2, 0) is 0 Å². The third-order valence-corrected chi connectivity index (χ3v) is 2.54. The number of nitrogen functional groups attached to an aromatic ring is 1. The standard InChI is InChI=1S/C13H11F2NO/c14-8-5-6-12(16)10(7-8)13(17)9-3-1-2-4-11(9)15/h1-7,13,17H,16H2. The van der Waals surface area contributed by atoms with E-state index in [1.807, 2.05) is 0 Å². The van der Waals surface area contributed by atoms with Crippen LogP contribution in [0.5, 0.6) is 0 Å². The van der Waals surface area contributed by atoms with Crippen molar-refractivity contribution in [2.75, 3.05) is 5.73 Å². The molecule has 0 saturated heterocycles. The quantitative estimate of drug-likeness (QED) is 0.786. The number of anilines is 1. The Kier molecular flexibility index (Phi) is 3.06. The summed E-state index contributed by atoms with van der Waals surface area (Å²) in [6, 6.07) is 9.41. The van der Waals surface area contributed by atoms with Crippen molar-refractivity contribution in [3.8, 4) is 0 Å². The zero-order chi connectivity index (χ0) is 12.4. The second-order valence-electron chi connectivity index (χ2n) is 3.70. The van der Waals surface area contributed by atoms with Gasteiger partial charge in [0.2, 0.25) is 0 Å². The fourth-order valence-corrected chi connectivity index (χ4v) is 1.65. The maximum absolute atomic E-state index is 13.5. The Morgan fingerprint density at radius 3 is 2.41 bits per heavy atom. The number of hydrogen-bond donors (Lipinski definition) is 2. The van der Waals surface area contributed by atoms with Crippen molar-refractivity contribution >= 4 is 5.69 Å². The maximum atomic E-state index is 13.5. The average molecular weight is 235 g/mol. The molecule has 2 nitrogen and oxygen atoms in total. The van der Waals surface area contributed by atoms with Crippen LogP contribution in [0.3, 0.4) is 0 Å². The van der Waals surface area contributed by atoms with Crippen molar-refractivity contribution in [1.29, 1.82) is 0 Å². The molecule has 0 heterocycles. The molecular weight excluding hydrogens is 224 g/mol. The number of halogens is 2. The first-order valence-corrected chi connectivity index (χ1v) is 5.07. The summed E-state index contributed by atoms with van der Waals surface area (Å²) in [6.45, 7) is 0. The van der Waals surface area contributed by atoms with Gasteiger partial charge in [-0.25, -0.2) is 8.78 Å². The van der Waals surface area contributed by atoms with Crippen molar-refractivity contribution < 1.29 is 13.9 Å². The van der Waals surface area contributed by atoms with E-state index in [0.29, 0.717) is 0 Å². The molecule has 0 fully saturated rings. The van der Waals surface area contributed by atoms with Crippen LogP contribution < -0.4 is 5.73 Å². The molecule has 0 amide bonds. The van der Waals surface area contributed by atoms with Crippen molar-refractivity contribution in [3.63, 3.8) is 0 Å². The Labute approximate surface area is 97.3 Å². The highest BCUT2D eigenvalue weighted by atomic mass is 19.1.